The first-order chi connectivity index (χ1) is 20.4. The Morgan fingerprint density at radius 1 is 0.905 bits per heavy atom. The summed E-state index contributed by atoms with van der Waals surface area (Å²) in [5.41, 5.74) is 2.99. The van der Waals surface area contributed by atoms with Crippen molar-refractivity contribution in [2.45, 2.75) is 11.8 Å². The molecule has 3 N–H and O–H groups in total. The molecule has 0 unspecified atom stereocenters. The highest BCUT2D eigenvalue weighted by atomic mass is 32.2. The van der Waals surface area contributed by atoms with Gasteiger partial charge in [-0.15, -0.1) is 23.1 Å². The van der Waals surface area contributed by atoms with Gasteiger partial charge in [-0.2, -0.15) is 0 Å². The number of amides is 3. The molecule has 0 saturated carbocycles. The molecule has 2 aromatic heterocycles. The van der Waals surface area contributed by atoms with Crippen LogP contribution in [-0.2, 0) is 9.59 Å². The Hall–Kier alpha value is -4.93. The summed E-state index contributed by atoms with van der Waals surface area (Å²) < 4.78 is 5.98. The molecule has 8 nitrogen and oxygen atoms in total. The normalized spacial score (nSPS) is 11.1. The van der Waals surface area contributed by atoms with Gasteiger partial charge in [-0.3, -0.25) is 14.4 Å². The third kappa shape index (κ3) is 7.84. The molecule has 0 aliphatic rings. The SMILES string of the molecule is Cc1ccc(-c2ccc(C=C(NC(=O)c3ccccc3)C(=O)Nc3ccc(SCC(=O)Nc4nccs4)cc3)o2)cc1. The zero-order valence-electron chi connectivity index (χ0n) is 22.5. The molecule has 3 amide bonds. The Labute approximate surface area is 250 Å². The molecular weight excluding hydrogens is 569 g/mol. The van der Waals surface area contributed by atoms with Gasteiger partial charge >= 0.3 is 0 Å². The van der Waals surface area contributed by atoms with Crippen LogP contribution < -0.4 is 16.0 Å². The van der Waals surface area contributed by atoms with Crippen molar-refractivity contribution in [2.24, 2.45) is 0 Å². The molecule has 0 spiro atoms. The highest BCUT2D eigenvalue weighted by Gasteiger charge is 2.16. The molecule has 3 aromatic carbocycles. The molecule has 5 rings (SSSR count). The summed E-state index contributed by atoms with van der Waals surface area (Å²) in [7, 11) is 0. The average molecular weight is 595 g/mol. The Morgan fingerprint density at radius 3 is 2.38 bits per heavy atom. The number of thioether (sulfide) groups is 1. The van der Waals surface area contributed by atoms with Gasteiger partial charge in [0, 0.05) is 39.4 Å². The smallest absolute Gasteiger partial charge is 0.272 e. The van der Waals surface area contributed by atoms with Crippen LogP contribution in [0.1, 0.15) is 21.7 Å². The second-order valence-electron chi connectivity index (χ2n) is 9.10. The molecule has 10 heteroatoms. The van der Waals surface area contributed by atoms with E-state index >= 15 is 0 Å². The second kappa shape index (κ2) is 13.6. The number of anilines is 2. The summed E-state index contributed by atoms with van der Waals surface area (Å²) in [6.45, 7) is 2.01. The van der Waals surface area contributed by atoms with Gasteiger partial charge in [-0.05, 0) is 55.5 Å². The van der Waals surface area contributed by atoms with Crippen LogP contribution in [0.2, 0.25) is 0 Å². The number of hydrogen-bond donors (Lipinski definition) is 3. The Morgan fingerprint density at radius 2 is 1.67 bits per heavy atom. The van der Waals surface area contributed by atoms with E-state index in [0.29, 0.717) is 27.9 Å². The van der Waals surface area contributed by atoms with Gasteiger partial charge in [0.05, 0.1) is 5.75 Å². The first-order valence-electron chi connectivity index (χ1n) is 12.9. The molecule has 0 saturated heterocycles. The van der Waals surface area contributed by atoms with Gasteiger partial charge in [0.15, 0.2) is 5.13 Å². The quantitative estimate of drug-likeness (QED) is 0.120. The van der Waals surface area contributed by atoms with E-state index < -0.39 is 11.8 Å². The van der Waals surface area contributed by atoms with Crippen LogP contribution >= 0.6 is 23.1 Å². The van der Waals surface area contributed by atoms with Gasteiger partial charge in [0.1, 0.15) is 17.2 Å². The molecular formula is C32H26N4O4S2. The summed E-state index contributed by atoms with van der Waals surface area (Å²) in [6.07, 6.45) is 3.13. The largest absolute Gasteiger partial charge is 0.457 e. The second-order valence-corrected chi connectivity index (χ2v) is 11.0. The maximum atomic E-state index is 13.4. The van der Waals surface area contributed by atoms with E-state index in [9.17, 15) is 14.4 Å². The molecule has 0 aliphatic carbocycles. The van der Waals surface area contributed by atoms with Crippen molar-refractivity contribution in [1.29, 1.82) is 0 Å². The fourth-order valence-corrected chi connectivity index (χ4v) is 5.05. The monoisotopic (exact) mass is 594 g/mol. The maximum Gasteiger partial charge on any atom is 0.272 e. The number of carbonyl (C=O) groups is 3. The van der Waals surface area contributed by atoms with Crippen molar-refractivity contribution in [3.05, 3.63) is 125 Å². The van der Waals surface area contributed by atoms with E-state index in [1.165, 1.54) is 29.2 Å². The van der Waals surface area contributed by atoms with E-state index in [-0.39, 0.29) is 17.4 Å². The standard InChI is InChI=1S/C32H26N4O4S2/c1-21-7-9-22(10-8-21)28-16-13-25(40-28)19-27(35-30(38)23-5-3-2-4-6-23)31(39)34-24-11-14-26(15-12-24)42-20-29(37)36-32-33-17-18-41-32/h2-19H,20H2,1H3,(H,34,39)(H,35,38)(H,33,36,37). The van der Waals surface area contributed by atoms with E-state index in [4.69, 9.17) is 4.42 Å². The number of aryl methyl sites for hydroxylation is 1. The summed E-state index contributed by atoms with van der Waals surface area (Å²) >= 11 is 2.72. The van der Waals surface area contributed by atoms with Crippen molar-refractivity contribution >= 4 is 57.7 Å². The van der Waals surface area contributed by atoms with Crippen molar-refractivity contribution in [3.8, 4) is 11.3 Å². The minimum absolute atomic E-state index is 0.0194. The van der Waals surface area contributed by atoms with Crippen LogP contribution in [0.3, 0.4) is 0 Å². The van der Waals surface area contributed by atoms with E-state index in [2.05, 4.69) is 20.9 Å². The fraction of sp³-hybridized carbons (Fsp3) is 0.0625. The molecule has 0 aliphatic heterocycles. The third-order valence-electron chi connectivity index (χ3n) is 5.94. The number of benzene rings is 3. The van der Waals surface area contributed by atoms with E-state index in [1.54, 1.807) is 54.0 Å². The number of carbonyl (C=O) groups excluding carboxylic acids is 3. The van der Waals surface area contributed by atoms with Gasteiger partial charge in [0.25, 0.3) is 11.8 Å². The van der Waals surface area contributed by atoms with Crippen LogP contribution in [0.5, 0.6) is 0 Å². The molecule has 0 bridgehead atoms. The van der Waals surface area contributed by atoms with Gasteiger partial charge < -0.3 is 20.4 Å². The molecule has 2 heterocycles. The molecule has 0 atom stereocenters. The van der Waals surface area contributed by atoms with Crippen LogP contribution in [0.15, 0.2) is 118 Å². The van der Waals surface area contributed by atoms with Crippen molar-refractivity contribution in [1.82, 2.24) is 10.3 Å². The van der Waals surface area contributed by atoms with Crippen LogP contribution in [0, 0.1) is 6.92 Å². The predicted octanol–water partition coefficient (Wildman–Crippen LogP) is 6.85. The molecule has 42 heavy (non-hydrogen) atoms. The van der Waals surface area contributed by atoms with E-state index in [1.807, 2.05) is 55.5 Å². The maximum absolute atomic E-state index is 13.4. The Kier molecular flexibility index (Phi) is 9.27. The minimum atomic E-state index is -0.518. The lowest BCUT2D eigenvalue weighted by molar-refractivity contribution is -0.114. The molecule has 5 aromatic rings. The number of furan rings is 1. The average Bonchev–Trinajstić information content (AvgIpc) is 3.70. The first kappa shape index (κ1) is 28.6. The number of nitrogens with zero attached hydrogens (tertiary/aromatic N) is 1. The predicted molar refractivity (Wildman–Crippen MR) is 167 cm³/mol. The molecule has 210 valence electrons. The Balaban J connectivity index is 1.28. The molecule has 0 radical (unpaired) electrons. The summed E-state index contributed by atoms with van der Waals surface area (Å²) in [5, 5.41) is 10.6. The van der Waals surface area contributed by atoms with E-state index in [0.717, 1.165) is 16.0 Å². The third-order valence-corrected chi connectivity index (χ3v) is 7.64. The van der Waals surface area contributed by atoms with Crippen LogP contribution in [-0.4, -0.2) is 28.5 Å². The minimum Gasteiger partial charge on any atom is -0.457 e. The fourth-order valence-electron chi connectivity index (χ4n) is 3.81. The Bertz CT molecular complexity index is 1700. The van der Waals surface area contributed by atoms with Crippen LogP contribution in [0.25, 0.3) is 17.4 Å². The number of thiazole rings is 1. The lowest BCUT2D eigenvalue weighted by Crippen LogP contribution is -2.30. The van der Waals surface area contributed by atoms with Crippen molar-refractivity contribution in [3.63, 3.8) is 0 Å². The first-order valence-corrected chi connectivity index (χ1v) is 14.8. The number of nitrogens with one attached hydrogen (secondary N) is 3. The zero-order valence-corrected chi connectivity index (χ0v) is 24.1. The summed E-state index contributed by atoms with van der Waals surface area (Å²) in [5.74, 6) is 0.175. The zero-order chi connectivity index (χ0) is 29.3. The topological polar surface area (TPSA) is 113 Å². The number of hydrogen-bond acceptors (Lipinski definition) is 7. The summed E-state index contributed by atoms with van der Waals surface area (Å²) in [6, 6.07) is 27.2. The molecule has 0 fully saturated rings. The summed E-state index contributed by atoms with van der Waals surface area (Å²) in [4.78, 5) is 43.3. The number of aromatic nitrogens is 1. The van der Waals surface area contributed by atoms with Gasteiger partial charge in [0.2, 0.25) is 5.91 Å². The van der Waals surface area contributed by atoms with Gasteiger partial charge in [-0.25, -0.2) is 4.98 Å². The van der Waals surface area contributed by atoms with Crippen molar-refractivity contribution in [2.75, 3.05) is 16.4 Å². The highest BCUT2D eigenvalue weighted by molar-refractivity contribution is 8.00. The highest BCUT2D eigenvalue weighted by Crippen LogP contribution is 2.25. The lowest BCUT2D eigenvalue weighted by Gasteiger charge is -2.11. The lowest BCUT2D eigenvalue weighted by atomic mass is 10.1. The van der Waals surface area contributed by atoms with Gasteiger partial charge in [-0.1, -0.05) is 48.0 Å². The van der Waals surface area contributed by atoms with Crippen molar-refractivity contribution < 1.29 is 18.8 Å². The van der Waals surface area contributed by atoms with Crippen LogP contribution in [0.4, 0.5) is 10.8 Å². The number of rotatable bonds is 10.